The normalized spacial score (nSPS) is 12.3. The van der Waals surface area contributed by atoms with Crippen LogP contribution in [0.15, 0.2) is 36.4 Å². The van der Waals surface area contributed by atoms with Gasteiger partial charge in [0.25, 0.3) is 0 Å². The zero-order chi connectivity index (χ0) is 14.0. The molecule has 0 aromatic heterocycles. The van der Waals surface area contributed by atoms with Crippen molar-refractivity contribution >= 4 is 27.5 Å². The van der Waals surface area contributed by atoms with Crippen LogP contribution in [0.2, 0.25) is 5.02 Å². The predicted octanol–water partition coefficient (Wildman–Crippen LogP) is 5.28. The number of methoxy groups -OCH3 is 1. The lowest BCUT2D eigenvalue weighted by Crippen LogP contribution is -1.98. The van der Waals surface area contributed by atoms with Crippen LogP contribution in [0.1, 0.15) is 21.5 Å². The lowest BCUT2D eigenvalue weighted by atomic mass is 10.0. The standard InChI is InChI=1S/C15H13BrClFO/c1-9-3-4-10(7-13(9)17)15(16)12-6-5-11(19-2)8-14(12)18/h3-8,15H,1-2H3. The summed E-state index contributed by atoms with van der Waals surface area (Å²) in [6.07, 6.45) is 0. The number of hydrogen-bond donors (Lipinski definition) is 0. The highest BCUT2D eigenvalue weighted by molar-refractivity contribution is 9.09. The molecule has 0 fully saturated rings. The van der Waals surface area contributed by atoms with E-state index in [4.69, 9.17) is 16.3 Å². The van der Waals surface area contributed by atoms with Gasteiger partial charge in [0.05, 0.1) is 11.9 Å². The Kier molecular flexibility index (Phi) is 4.48. The van der Waals surface area contributed by atoms with E-state index in [1.54, 1.807) is 12.1 Å². The molecule has 1 atom stereocenters. The minimum absolute atomic E-state index is 0.239. The maximum absolute atomic E-state index is 14.0. The van der Waals surface area contributed by atoms with Crippen molar-refractivity contribution < 1.29 is 9.13 Å². The van der Waals surface area contributed by atoms with Gasteiger partial charge in [0.2, 0.25) is 0 Å². The second-order valence-corrected chi connectivity index (χ2v) is 5.58. The molecule has 0 aliphatic carbocycles. The van der Waals surface area contributed by atoms with Crippen LogP contribution in [0.3, 0.4) is 0 Å². The summed E-state index contributed by atoms with van der Waals surface area (Å²) in [5.74, 6) is 0.195. The highest BCUT2D eigenvalue weighted by atomic mass is 79.9. The van der Waals surface area contributed by atoms with E-state index >= 15 is 0 Å². The average Bonchev–Trinajstić information content (AvgIpc) is 2.41. The van der Waals surface area contributed by atoms with Crippen LogP contribution in [0.25, 0.3) is 0 Å². The van der Waals surface area contributed by atoms with Crippen molar-refractivity contribution in [2.75, 3.05) is 7.11 Å². The van der Waals surface area contributed by atoms with E-state index in [1.807, 2.05) is 25.1 Å². The predicted molar refractivity (Wildman–Crippen MR) is 79.9 cm³/mol. The topological polar surface area (TPSA) is 9.23 Å². The molecule has 4 heteroatoms. The number of ether oxygens (including phenoxy) is 1. The highest BCUT2D eigenvalue weighted by Gasteiger charge is 2.16. The quantitative estimate of drug-likeness (QED) is 0.689. The fourth-order valence-corrected chi connectivity index (χ4v) is 2.63. The van der Waals surface area contributed by atoms with Crippen LogP contribution < -0.4 is 4.74 Å². The molecule has 0 aliphatic heterocycles. The molecular weight excluding hydrogens is 331 g/mol. The number of aryl methyl sites for hydroxylation is 1. The fraction of sp³-hybridized carbons (Fsp3) is 0.200. The summed E-state index contributed by atoms with van der Waals surface area (Å²) in [6, 6.07) is 10.5. The molecular formula is C15H13BrClFO. The molecule has 19 heavy (non-hydrogen) atoms. The Morgan fingerprint density at radius 3 is 2.53 bits per heavy atom. The first kappa shape index (κ1) is 14.4. The van der Waals surface area contributed by atoms with Crippen molar-refractivity contribution in [1.29, 1.82) is 0 Å². The van der Waals surface area contributed by atoms with Gasteiger partial charge in [-0.05, 0) is 30.2 Å². The van der Waals surface area contributed by atoms with Crippen LogP contribution in [0.4, 0.5) is 4.39 Å². The number of rotatable bonds is 3. The van der Waals surface area contributed by atoms with Gasteiger partial charge in [-0.2, -0.15) is 0 Å². The lowest BCUT2D eigenvalue weighted by Gasteiger charge is -2.13. The molecule has 1 nitrogen and oxygen atoms in total. The largest absolute Gasteiger partial charge is 0.497 e. The summed E-state index contributed by atoms with van der Waals surface area (Å²) >= 11 is 9.61. The summed E-state index contributed by atoms with van der Waals surface area (Å²) in [6.45, 7) is 1.93. The summed E-state index contributed by atoms with van der Waals surface area (Å²) in [5.41, 5.74) is 2.47. The minimum atomic E-state index is -0.307. The molecule has 0 saturated carbocycles. The molecule has 2 rings (SSSR count). The van der Waals surface area contributed by atoms with Gasteiger partial charge in [-0.15, -0.1) is 0 Å². The van der Waals surface area contributed by atoms with E-state index in [0.717, 1.165) is 11.1 Å². The molecule has 0 spiro atoms. The van der Waals surface area contributed by atoms with E-state index < -0.39 is 0 Å². The number of benzene rings is 2. The van der Waals surface area contributed by atoms with Crippen molar-refractivity contribution in [2.24, 2.45) is 0 Å². The van der Waals surface area contributed by atoms with Crippen molar-refractivity contribution in [2.45, 2.75) is 11.8 Å². The molecule has 100 valence electrons. The second-order valence-electron chi connectivity index (χ2n) is 4.26. The zero-order valence-electron chi connectivity index (χ0n) is 10.6. The summed E-state index contributed by atoms with van der Waals surface area (Å²) in [7, 11) is 1.51. The Morgan fingerprint density at radius 1 is 1.21 bits per heavy atom. The zero-order valence-corrected chi connectivity index (χ0v) is 12.9. The third-order valence-corrected chi connectivity index (χ3v) is 4.40. The monoisotopic (exact) mass is 342 g/mol. The van der Waals surface area contributed by atoms with Crippen LogP contribution in [-0.2, 0) is 0 Å². The van der Waals surface area contributed by atoms with E-state index in [2.05, 4.69) is 15.9 Å². The molecule has 0 N–H and O–H groups in total. The minimum Gasteiger partial charge on any atom is -0.497 e. The Labute approximate surface area is 125 Å². The van der Waals surface area contributed by atoms with E-state index in [9.17, 15) is 4.39 Å². The molecule has 2 aromatic carbocycles. The molecule has 0 aliphatic rings. The fourth-order valence-electron chi connectivity index (χ4n) is 1.79. The number of alkyl halides is 1. The van der Waals surface area contributed by atoms with Gasteiger partial charge in [-0.3, -0.25) is 0 Å². The lowest BCUT2D eigenvalue weighted by molar-refractivity contribution is 0.411. The highest BCUT2D eigenvalue weighted by Crippen LogP contribution is 2.35. The van der Waals surface area contributed by atoms with Gasteiger partial charge >= 0.3 is 0 Å². The maximum Gasteiger partial charge on any atom is 0.131 e. The third-order valence-electron chi connectivity index (χ3n) is 2.97. The molecule has 0 saturated heterocycles. The first-order chi connectivity index (χ1) is 9.02. The molecule has 0 heterocycles. The van der Waals surface area contributed by atoms with Crippen molar-refractivity contribution in [3.05, 3.63) is 63.9 Å². The molecule has 0 bridgehead atoms. The van der Waals surface area contributed by atoms with Crippen molar-refractivity contribution in [3.8, 4) is 5.75 Å². The number of hydrogen-bond acceptors (Lipinski definition) is 1. The van der Waals surface area contributed by atoms with Gasteiger partial charge in [0.1, 0.15) is 11.6 Å². The maximum atomic E-state index is 14.0. The first-order valence-electron chi connectivity index (χ1n) is 5.76. The number of halogens is 3. The van der Waals surface area contributed by atoms with Crippen LogP contribution in [0, 0.1) is 12.7 Å². The van der Waals surface area contributed by atoms with Crippen LogP contribution in [-0.4, -0.2) is 7.11 Å². The Bertz CT molecular complexity index is 601. The van der Waals surface area contributed by atoms with Gasteiger partial charge < -0.3 is 4.74 Å². The van der Waals surface area contributed by atoms with Crippen molar-refractivity contribution in [1.82, 2.24) is 0 Å². The molecule has 1 unspecified atom stereocenters. The van der Waals surface area contributed by atoms with Gasteiger partial charge in [0, 0.05) is 16.7 Å². The third kappa shape index (κ3) is 3.10. The van der Waals surface area contributed by atoms with Gasteiger partial charge in [0.15, 0.2) is 0 Å². The summed E-state index contributed by atoms with van der Waals surface area (Å²) in [5, 5.41) is 0.677. The van der Waals surface area contributed by atoms with Gasteiger partial charge in [-0.25, -0.2) is 4.39 Å². The van der Waals surface area contributed by atoms with E-state index in [0.29, 0.717) is 16.3 Å². The summed E-state index contributed by atoms with van der Waals surface area (Å²) < 4.78 is 19.0. The Morgan fingerprint density at radius 2 is 1.95 bits per heavy atom. The Balaban J connectivity index is 2.38. The molecule has 2 aromatic rings. The van der Waals surface area contributed by atoms with Crippen molar-refractivity contribution in [3.63, 3.8) is 0 Å². The second kappa shape index (κ2) is 5.93. The SMILES string of the molecule is COc1ccc(C(Br)c2ccc(C)c(Cl)c2)c(F)c1. The first-order valence-corrected chi connectivity index (χ1v) is 7.06. The van der Waals surface area contributed by atoms with Crippen LogP contribution in [0.5, 0.6) is 5.75 Å². The average molecular weight is 344 g/mol. The van der Waals surface area contributed by atoms with Crippen LogP contribution >= 0.6 is 27.5 Å². The van der Waals surface area contributed by atoms with E-state index in [1.165, 1.54) is 13.2 Å². The smallest absolute Gasteiger partial charge is 0.131 e. The van der Waals surface area contributed by atoms with E-state index in [-0.39, 0.29) is 10.6 Å². The van der Waals surface area contributed by atoms with Gasteiger partial charge in [-0.1, -0.05) is 45.7 Å². The Hall–Kier alpha value is -1.06. The summed E-state index contributed by atoms with van der Waals surface area (Å²) in [4.78, 5) is -0.239. The molecule has 0 amide bonds. The molecule has 0 radical (unpaired) electrons.